The Bertz CT molecular complexity index is 429. The zero-order valence-electron chi connectivity index (χ0n) is 9.89. The molecule has 3 fully saturated rings. The molecule has 1 aromatic heterocycles. The number of hydrogen-bond donors (Lipinski definition) is 1. The topological polar surface area (TPSA) is 45.5 Å². The van der Waals surface area contributed by atoms with Crippen LogP contribution in [0.3, 0.4) is 0 Å². The van der Waals surface area contributed by atoms with E-state index in [9.17, 15) is 4.79 Å². The Morgan fingerprint density at radius 1 is 1.39 bits per heavy atom. The summed E-state index contributed by atoms with van der Waals surface area (Å²) in [6.07, 6.45) is 2.40. The highest BCUT2D eigenvalue weighted by Gasteiger charge is 2.35. The summed E-state index contributed by atoms with van der Waals surface area (Å²) in [6.45, 7) is 3.35. The maximum Gasteiger partial charge on any atom is 0.287 e. The van der Waals surface area contributed by atoms with E-state index in [-0.39, 0.29) is 24.4 Å². The molecular formula is C12H16BrClN2O2. The minimum absolute atomic E-state index is 0. The zero-order chi connectivity index (χ0) is 11.8. The van der Waals surface area contributed by atoms with Gasteiger partial charge in [0.2, 0.25) is 0 Å². The molecule has 1 amide bonds. The first-order chi connectivity index (χ1) is 8.22. The van der Waals surface area contributed by atoms with Gasteiger partial charge in [0.25, 0.3) is 5.91 Å². The Kier molecular flexibility index (Phi) is 4.35. The van der Waals surface area contributed by atoms with E-state index in [0.29, 0.717) is 16.3 Å². The Morgan fingerprint density at radius 3 is 2.61 bits per heavy atom. The molecule has 0 aromatic carbocycles. The highest BCUT2D eigenvalue weighted by atomic mass is 79.9. The third-order valence-corrected chi connectivity index (χ3v) is 4.20. The monoisotopic (exact) mass is 334 g/mol. The first kappa shape index (κ1) is 13.9. The molecule has 2 bridgehead atoms. The quantitative estimate of drug-likeness (QED) is 0.902. The summed E-state index contributed by atoms with van der Waals surface area (Å²) in [6, 6.07) is 3.72. The number of halogens is 2. The Labute approximate surface area is 121 Å². The van der Waals surface area contributed by atoms with Crippen LogP contribution in [-0.2, 0) is 0 Å². The van der Waals surface area contributed by atoms with Crippen molar-refractivity contribution in [3.8, 4) is 0 Å². The SMILES string of the molecule is Cl.O=C(N[C@H]1CN2CCC1CC2)c1ccc(Br)o1. The average molecular weight is 336 g/mol. The molecule has 0 saturated carbocycles. The van der Waals surface area contributed by atoms with Gasteiger partial charge < -0.3 is 14.6 Å². The van der Waals surface area contributed by atoms with Gasteiger partial charge in [0.05, 0.1) is 0 Å². The molecule has 4 rings (SSSR count). The number of carbonyl (C=O) groups excluding carboxylic acids is 1. The number of hydrogen-bond acceptors (Lipinski definition) is 3. The van der Waals surface area contributed by atoms with Gasteiger partial charge in [-0.05, 0) is 59.9 Å². The van der Waals surface area contributed by atoms with Gasteiger partial charge in [-0.15, -0.1) is 12.4 Å². The Hall–Kier alpha value is -0.520. The van der Waals surface area contributed by atoms with Crippen molar-refractivity contribution < 1.29 is 9.21 Å². The second kappa shape index (κ2) is 5.63. The van der Waals surface area contributed by atoms with E-state index in [4.69, 9.17) is 4.42 Å². The lowest BCUT2D eigenvalue weighted by molar-refractivity contribution is 0.0605. The minimum Gasteiger partial charge on any atom is -0.444 e. The predicted molar refractivity (Wildman–Crippen MR) is 74.1 cm³/mol. The van der Waals surface area contributed by atoms with Gasteiger partial charge in [0.15, 0.2) is 10.4 Å². The van der Waals surface area contributed by atoms with E-state index in [1.807, 2.05) is 0 Å². The first-order valence-electron chi connectivity index (χ1n) is 6.01. The van der Waals surface area contributed by atoms with Crippen molar-refractivity contribution in [1.82, 2.24) is 10.2 Å². The standard InChI is InChI=1S/C12H15BrN2O2.ClH/c13-11-2-1-10(17-11)12(16)14-9-7-15-5-3-8(9)4-6-15;/h1-2,8-9H,3-7H2,(H,14,16);1H/t9-;/m0./s1. The van der Waals surface area contributed by atoms with E-state index in [1.54, 1.807) is 12.1 Å². The summed E-state index contributed by atoms with van der Waals surface area (Å²) in [5, 5.41) is 3.08. The van der Waals surface area contributed by atoms with E-state index >= 15 is 0 Å². The molecule has 1 atom stereocenters. The lowest BCUT2D eigenvalue weighted by atomic mass is 9.84. The van der Waals surface area contributed by atoms with Crippen LogP contribution in [0.2, 0.25) is 0 Å². The van der Waals surface area contributed by atoms with Gasteiger partial charge in [-0.3, -0.25) is 4.79 Å². The van der Waals surface area contributed by atoms with Crippen molar-refractivity contribution >= 4 is 34.2 Å². The van der Waals surface area contributed by atoms with Crippen LogP contribution in [0.25, 0.3) is 0 Å². The van der Waals surface area contributed by atoms with E-state index < -0.39 is 0 Å². The Balaban J connectivity index is 0.00000120. The van der Waals surface area contributed by atoms with Crippen LogP contribution in [0.1, 0.15) is 23.4 Å². The molecule has 3 aliphatic heterocycles. The van der Waals surface area contributed by atoms with E-state index in [0.717, 1.165) is 6.54 Å². The number of piperidine rings is 3. The molecule has 18 heavy (non-hydrogen) atoms. The third kappa shape index (κ3) is 2.73. The van der Waals surface area contributed by atoms with E-state index in [2.05, 4.69) is 26.1 Å². The number of nitrogens with zero attached hydrogens (tertiary/aromatic N) is 1. The summed E-state index contributed by atoms with van der Waals surface area (Å²) in [5.41, 5.74) is 0. The fourth-order valence-corrected chi connectivity index (χ4v) is 3.11. The Morgan fingerprint density at radius 2 is 2.11 bits per heavy atom. The molecule has 4 nitrogen and oxygen atoms in total. The van der Waals surface area contributed by atoms with Crippen molar-refractivity contribution in [3.05, 3.63) is 22.6 Å². The van der Waals surface area contributed by atoms with Crippen molar-refractivity contribution in [3.63, 3.8) is 0 Å². The van der Waals surface area contributed by atoms with Crippen molar-refractivity contribution in [1.29, 1.82) is 0 Å². The minimum atomic E-state index is -0.102. The smallest absolute Gasteiger partial charge is 0.287 e. The van der Waals surface area contributed by atoms with Crippen molar-refractivity contribution in [2.45, 2.75) is 18.9 Å². The molecular weight excluding hydrogens is 320 g/mol. The number of fused-ring (bicyclic) bond motifs is 3. The molecule has 0 spiro atoms. The third-order valence-electron chi connectivity index (χ3n) is 3.77. The molecule has 100 valence electrons. The normalized spacial score (nSPS) is 29.7. The van der Waals surface area contributed by atoms with Crippen LogP contribution < -0.4 is 5.32 Å². The maximum absolute atomic E-state index is 12.0. The van der Waals surface area contributed by atoms with Gasteiger partial charge in [-0.1, -0.05) is 0 Å². The van der Waals surface area contributed by atoms with Crippen LogP contribution in [-0.4, -0.2) is 36.5 Å². The molecule has 0 unspecified atom stereocenters. The van der Waals surface area contributed by atoms with Crippen LogP contribution in [0.4, 0.5) is 0 Å². The fourth-order valence-electron chi connectivity index (χ4n) is 2.80. The van der Waals surface area contributed by atoms with Crippen LogP contribution in [0, 0.1) is 5.92 Å². The highest BCUT2D eigenvalue weighted by molar-refractivity contribution is 9.10. The largest absolute Gasteiger partial charge is 0.444 e. The van der Waals surface area contributed by atoms with Crippen LogP contribution >= 0.6 is 28.3 Å². The summed E-state index contributed by atoms with van der Waals surface area (Å²) in [7, 11) is 0. The molecule has 1 N–H and O–H groups in total. The zero-order valence-corrected chi connectivity index (χ0v) is 12.3. The number of amides is 1. The fraction of sp³-hybridized carbons (Fsp3) is 0.583. The van der Waals surface area contributed by atoms with Crippen LogP contribution in [0.15, 0.2) is 21.2 Å². The number of carbonyl (C=O) groups is 1. The summed E-state index contributed by atoms with van der Waals surface area (Å²) in [5.74, 6) is 0.921. The van der Waals surface area contributed by atoms with Crippen molar-refractivity contribution in [2.75, 3.05) is 19.6 Å². The molecule has 6 heteroatoms. The molecule has 4 heterocycles. The van der Waals surface area contributed by atoms with Gasteiger partial charge >= 0.3 is 0 Å². The molecule has 0 aliphatic carbocycles. The second-order valence-electron chi connectivity index (χ2n) is 4.82. The molecule has 0 radical (unpaired) electrons. The van der Waals surface area contributed by atoms with Gasteiger partial charge in [-0.25, -0.2) is 0 Å². The molecule has 3 aliphatic rings. The number of furan rings is 1. The molecule has 1 aromatic rings. The summed E-state index contributed by atoms with van der Waals surface area (Å²) < 4.78 is 5.85. The number of nitrogens with one attached hydrogen (secondary N) is 1. The molecule has 3 saturated heterocycles. The average Bonchev–Trinajstić information content (AvgIpc) is 2.77. The van der Waals surface area contributed by atoms with Gasteiger partial charge in [0, 0.05) is 12.6 Å². The highest BCUT2D eigenvalue weighted by Crippen LogP contribution is 2.27. The summed E-state index contributed by atoms with van der Waals surface area (Å²) >= 11 is 3.20. The van der Waals surface area contributed by atoms with Crippen LogP contribution in [0.5, 0.6) is 0 Å². The second-order valence-corrected chi connectivity index (χ2v) is 5.60. The maximum atomic E-state index is 12.0. The predicted octanol–water partition coefficient (Wildman–Crippen LogP) is 2.29. The van der Waals surface area contributed by atoms with Crippen molar-refractivity contribution in [2.24, 2.45) is 5.92 Å². The number of rotatable bonds is 2. The summed E-state index contributed by atoms with van der Waals surface area (Å²) in [4.78, 5) is 14.4. The van der Waals surface area contributed by atoms with E-state index in [1.165, 1.54) is 25.9 Å². The lowest BCUT2D eigenvalue weighted by Crippen LogP contribution is -2.57. The first-order valence-corrected chi connectivity index (χ1v) is 6.80. The van der Waals surface area contributed by atoms with Gasteiger partial charge in [-0.2, -0.15) is 0 Å². The van der Waals surface area contributed by atoms with Gasteiger partial charge in [0.1, 0.15) is 0 Å². The lowest BCUT2D eigenvalue weighted by Gasteiger charge is -2.44.